The number of aliphatic hydroxyl groups is 1. The van der Waals surface area contributed by atoms with E-state index in [1.807, 2.05) is 139 Å². The molecule has 0 spiro atoms. The molecule has 4 aliphatic carbocycles. The summed E-state index contributed by atoms with van der Waals surface area (Å²) in [6.45, 7) is 8.16. The van der Waals surface area contributed by atoms with Crippen molar-refractivity contribution in [2.45, 2.75) is 121 Å². The summed E-state index contributed by atoms with van der Waals surface area (Å²) in [7, 11) is 1.85. The standard InChI is InChI=1S/C22H23N7O2S.2C21H21N7O2S.C19H17N7O2S/c1-3-31-16-8-15(9-16)29-12-18(20(27-29)17-6-4-5-7-23-17)25-21(30)19-13-32-22(26-19)14-10-24-28(2)11-14;2*1-2-30-15-7-14(8-15)28-11-17(19(27-28)16-5-3-4-6-22-16)25-20(29)18-12-31-21(26-18)13-9-23-24-10-13;27-13-5-12(6-13)26-9-15(17(25-26)14-3-1-2-4-20-14)23-18(28)16-10-29-19(24-16)11-7-21-22-8-11/h4-7,10-13,15-16H,3,8-9H2,1-2H3,(H,25,30);2*3-6,9-12,14-15H,2,7-8H2,1H3,(H,23,24)(H,25,29);1-4,7-10,12-13,27H,5-6H2,(H,21,22)(H,23,28). The molecule has 0 atom stereocenters. The van der Waals surface area contributed by atoms with Crippen LogP contribution in [-0.4, -0.2) is 192 Å². The highest BCUT2D eigenvalue weighted by atomic mass is 32.1. The lowest BCUT2D eigenvalue weighted by atomic mass is 9.89. The Morgan fingerprint density at radius 3 is 0.919 bits per heavy atom. The zero-order chi connectivity index (χ0) is 84.3. The van der Waals surface area contributed by atoms with Gasteiger partial charge in [-0.15, -0.1) is 45.3 Å². The van der Waals surface area contributed by atoms with Gasteiger partial charge in [0.05, 0.1) is 119 Å². The first-order valence-corrected chi connectivity index (χ1v) is 43.3. The Labute approximate surface area is 718 Å². The van der Waals surface area contributed by atoms with Gasteiger partial charge in [0.1, 0.15) is 65.6 Å². The lowest BCUT2D eigenvalue weighted by Crippen LogP contribution is -2.33. The van der Waals surface area contributed by atoms with Gasteiger partial charge < -0.3 is 40.6 Å². The number of nitrogens with zero attached hydrogens (tertiary/aromatic N) is 21. The van der Waals surface area contributed by atoms with Crippen molar-refractivity contribution in [3.63, 3.8) is 0 Å². The van der Waals surface area contributed by atoms with Gasteiger partial charge in [0, 0.05) is 145 Å². The third kappa shape index (κ3) is 19.2. The lowest BCUT2D eigenvalue weighted by Gasteiger charge is -2.34. The highest BCUT2D eigenvalue weighted by Crippen LogP contribution is 2.42. The van der Waals surface area contributed by atoms with Gasteiger partial charge >= 0.3 is 0 Å². The fourth-order valence-corrected chi connectivity index (χ4v) is 17.1. The molecule has 8 N–H and O–H groups in total. The minimum Gasteiger partial charge on any atom is -0.393 e. The number of pyridine rings is 4. The van der Waals surface area contributed by atoms with Gasteiger partial charge in [-0.25, -0.2) is 19.9 Å². The number of anilines is 4. The molecule has 626 valence electrons. The SMILES string of the molecule is CCOC1CC(n2cc(NC(=O)c3csc(-c4cn[nH]c4)n3)c(-c3ccccn3)n2)C1.CCOC1CC(n2cc(NC(=O)c3csc(-c4cn[nH]c4)n3)c(-c3ccccn3)n2)C1.CCOC1CC(n2cc(NC(=O)c3csc(-c4cnn(C)c4)n3)c(-c3ccccn3)n2)C1.O=C(Nc1cn(C2CC(O)C2)nc1-c1ccccn1)c1csc(-c2cn[nH]c2)n1. The maximum absolute atomic E-state index is 13.0. The van der Waals surface area contributed by atoms with E-state index in [-0.39, 0.29) is 72.2 Å². The fourth-order valence-electron chi connectivity index (χ4n) is 14.0. The molecule has 0 saturated heterocycles. The Bertz CT molecular complexity index is 5990. The number of hydrogen-bond acceptors (Lipinski definition) is 28. The van der Waals surface area contributed by atoms with Crippen LogP contribution in [0.5, 0.6) is 0 Å². The van der Waals surface area contributed by atoms with Crippen molar-refractivity contribution in [1.82, 2.24) is 119 Å². The number of aromatic amines is 3. The molecule has 36 nitrogen and oxygen atoms in total. The van der Waals surface area contributed by atoms with Crippen molar-refractivity contribution >= 4 is 91.7 Å². The van der Waals surface area contributed by atoms with Crippen molar-refractivity contribution < 1.29 is 38.5 Å². The average Bonchev–Trinajstić information content (AvgIpc) is 1.64. The van der Waals surface area contributed by atoms with Gasteiger partial charge in [-0.1, -0.05) is 24.3 Å². The molecule has 0 radical (unpaired) electrons. The van der Waals surface area contributed by atoms with E-state index in [4.69, 9.17) is 29.5 Å². The Morgan fingerprint density at radius 1 is 0.398 bits per heavy atom. The summed E-state index contributed by atoms with van der Waals surface area (Å²) >= 11 is 5.58. The zero-order valence-corrected chi connectivity index (χ0v) is 70.0. The van der Waals surface area contributed by atoms with Crippen LogP contribution in [0.25, 0.3) is 87.8 Å². The van der Waals surface area contributed by atoms with Crippen LogP contribution in [0.1, 0.15) is 138 Å². The summed E-state index contributed by atoms with van der Waals surface area (Å²) in [6, 6.07) is 23.3. The van der Waals surface area contributed by atoms with Gasteiger partial charge in [0.25, 0.3) is 23.6 Å². The summed E-state index contributed by atoms with van der Waals surface area (Å²) in [6.07, 6.45) is 35.4. The number of thiazole rings is 4. The summed E-state index contributed by atoms with van der Waals surface area (Å²) in [5.41, 5.74) is 12.5. The molecule has 16 aromatic heterocycles. The van der Waals surface area contributed by atoms with E-state index in [0.717, 1.165) is 75.8 Å². The Hall–Kier alpha value is -13.5. The maximum atomic E-state index is 13.0. The first-order chi connectivity index (χ1) is 60.2. The Balaban J connectivity index is 0.000000116. The van der Waals surface area contributed by atoms with Gasteiger partial charge in [-0.05, 0) is 121 Å². The van der Waals surface area contributed by atoms with Crippen LogP contribution in [-0.2, 0) is 21.3 Å². The second-order valence-electron chi connectivity index (χ2n) is 29.1. The zero-order valence-electron chi connectivity index (χ0n) is 66.7. The number of rotatable bonds is 26. The van der Waals surface area contributed by atoms with Gasteiger partial charge in [0.2, 0.25) is 0 Å². The fraction of sp³-hybridized carbons (Fsp3) is 0.277. The average molecular weight is 1730 g/mol. The van der Waals surface area contributed by atoms with Gasteiger partial charge in [-0.2, -0.15) is 40.8 Å². The Kier molecular flexibility index (Phi) is 25.1. The van der Waals surface area contributed by atoms with Gasteiger partial charge in [0.15, 0.2) is 0 Å². The van der Waals surface area contributed by atoms with Crippen LogP contribution in [0.2, 0.25) is 0 Å². The van der Waals surface area contributed by atoms with Crippen molar-refractivity contribution in [3.05, 3.63) is 216 Å². The first-order valence-electron chi connectivity index (χ1n) is 39.8. The van der Waals surface area contributed by atoms with E-state index in [2.05, 4.69) is 102 Å². The van der Waals surface area contributed by atoms with E-state index in [1.54, 1.807) is 105 Å². The molecule has 4 saturated carbocycles. The number of ether oxygens (including phenoxy) is 3. The molecule has 0 aromatic carbocycles. The molecular weight excluding hydrogens is 1650 g/mol. The van der Waals surface area contributed by atoms with E-state index in [1.165, 1.54) is 45.3 Å². The molecule has 16 aromatic rings. The minimum atomic E-state index is -0.318. The number of carbonyl (C=O) groups excluding carboxylic acids is 4. The normalized spacial score (nSPS) is 18.0. The Morgan fingerprint density at radius 2 is 0.683 bits per heavy atom. The molecule has 4 amide bonds. The third-order valence-electron chi connectivity index (χ3n) is 20.7. The topological polar surface area (TPSA) is 443 Å². The van der Waals surface area contributed by atoms with Crippen molar-refractivity contribution in [3.8, 4) is 87.8 Å². The number of aliphatic hydroxyl groups excluding tert-OH is 1. The smallest absolute Gasteiger partial charge is 0.275 e. The predicted octanol–water partition coefficient (Wildman–Crippen LogP) is 14.1. The minimum absolute atomic E-state index is 0.116. The van der Waals surface area contributed by atoms with E-state index in [9.17, 15) is 24.3 Å². The third-order valence-corrected chi connectivity index (χ3v) is 24.3. The number of aromatic nitrogens is 24. The summed E-state index contributed by atoms with van der Waals surface area (Å²) in [5, 5.41) is 74.4. The highest BCUT2D eigenvalue weighted by Gasteiger charge is 2.37. The van der Waals surface area contributed by atoms with E-state index >= 15 is 0 Å². The predicted molar refractivity (Wildman–Crippen MR) is 462 cm³/mol. The molecule has 16 heterocycles. The molecule has 4 aliphatic rings. The number of hydrogen-bond donors (Lipinski definition) is 8. The highest BCUT2D eigenvalue weighted by molar-refractivity contribution is 7.14. The number of H-pyrrole nitrogens is 3. The quantitative estimate of drug-likeness (QED) is 0.0250. The summed E-state index contributed by atoms with van der Waals surface area (Å²) < 4.78 is 26.3. The molecule has 40 heteroatoms. The molecule has 4 fully saturated rings. The molecule has 123 heavy (non-hydrogen) atoms. The summed E-state index contributed by atoms with van der Waals surface area (Å²) in [4.78, 5) is 87.0. The van der Waals surface area contributed by atoms with Crippen LogP contribution in [0, 0.1) is 0 Å². The number of nitrogens with one attached hydrogen (secondary N) is 7. The van der Waals surface area contributed by atoms with Gasteiger partial charge in [-0.3, -0.25) is 77.8 Å². The summed E-state index contributed by atoms with van der Waals surface area (Å²) in [5.74, 6) is -1.18. The largest absolute Gasteiger partial charge is 0.393 e. The van der Waals surface area contributed by atoms with Crippen LogP contribution < -0.4 is 21.3 Å². The molecule has 0 unspecified atom stereocenters. The van der Waals surface area contributed by atoms with Crippen LogP contribution in [0.3, 0.4) is 0 Å². The van der Waals surface area contributed by atoms with Crippen LogP contribution in [0.4, 0.5) is 22.7 Å². The number of aryl methyl sites for hydroxylation is 1. The maximum Gasteiger partial charge on any atom is 0.275 e. The number of amides is 4. The van der Waals surface area contributed by atoms with Crippen LogP contribution >= 0.6 is 45.3 Å². The molecule has 0 bridgehead atoms. The van der Waals surface area contributed by atoms with Crippen molar-refractivity contribution in [2.24, 2.45) is 7.05 Å². The first kappa shape index (κ1) is 81.9. The second-order valence-corrected chi connectivity index (χ2v) is 32.5. The second kappa shape index (κ2) is 37.7. The monoisotopic (exact) mass is 1730 g/mol. The molecular formula is C83H82N28O8S4. The molecule has 0 aliphatic heterocycles. The van der Waals surface area contributed by atoms with E-state index < -0.39 is 0 Å². The van der Waals surface area contributed by atoms with Crippen molar-refractivity contribution in [1.29, 1.82) is 0 Å². The van der Waals surface area contributed by atoms with E-state index in [0.29, 0.717) is 129 Å². The molecule has 20 rings (SSSR count). The van der Waals surface area contributed by atoms with Crippen molar-refractivity contribution in [2.75, 3.05) is 41.1 Å². The number of carbonyl (C=O) groups is 4. The van der Waals surface area contributed by atoms with Crippen LogP contribution in [0.15, 0.2) is 193 Å². The lowest BCUT2D eigenvalue weighted by molar-refractivity contribution is -0.0228.